The molecule has 1 aromatic heterocycles. The predicted molar refractivity (Wildman–Crippen MR) is 80.0 cm³/mol. The van der Waals surface area contributed by atoms with Crippen LogP contribution in [-0.4, -0.2) is 24.0 Å². The molecule has 1 aromatic carbocycles. The molecule has 3 rings (SSSR count). The van der Waals surface area contributed by atoms with Crippen LogP contribution >= 0.6 is 0 Å². The molecule has 23 heavy (non-hydrogen) atoms. The molecule has 0 aliphatic carbocycles. The number of amides is 1. The molecule has 0 radical (unpaired) electrons. The van der Waals surface area contributed by atoms with E-state index in [0.717, 1.165) is 38.1 Å². The highest BCUT2D eigenvalue weighted by Crippen LogP contribution is 2.21. The van der Waals surface area contributed by atoms with Crippen molar-refractivity contribution in [3.8, 4) is 0 Å². The third-order valence-electron chi connectivity index (χ3n) is 3.68. The Morgan fingerprint density at radius 3 is 2.52 bits per heavy atom. The Labute approximate surface area is 130 Å². The molecule has 1 saturated heterocycles. The highest BCUT2D eigenvalue weighted by atomic mass is 19.2. The fourth-order valence-electron chi connectivity index (χ4n) is 2.48. The van der Waals surface area contributed by atoms with Crippen molar-refractivity contribution in [3.05, 3.63) is 53.5 Å². The predicted octanol–water partition coefficient (Wildman–Crippen LogP) is 3.35. The summed E-state index contributed by atoms with van der Waals surface area (Å²) in [5, 5.41) is 2.21. The normalized spacial score (nSPS) is 14.1. The second kappa shape index (κ2) is 6.28. The number of carbonyl (C=O) groups excluding carboxylic acids is 1. The van der Waals surface area contributed by atoms with Gasteiger partial charge in [0.05, 0.1) is 5.69 Å². The van der Waals surface area contributed by atoms with Crippen LogP contribution in [0.5, 0.6) is 0 Å². The molecule has 1 N–H and O–H groups in total. The topological polar surface area (TPSA) is 45.2 Å². The van der Waals surface area contributed by atoms with Gasteiger partial charge in [0.2, 0.25) is 0 Å². The molecule has 2 heterocycles. The quantitative estimate of drug-likeness (QED) is 0.882. The maximum atomic E-state index is 13.6. The van der Waals surface area contributed by atoms with Crippen LogP contribution in [-0.2, 0) is 0 Å². The van der Waals surface area contributed by atoms with Gasteiger partial charge in [-0.05, 0) is 37.1 Å². The van der Waals surface area contributed by atoms with Crippen LogP contribution in [0, 0.1) is 17.5 Å². The first-order valence-electron chi connectivity index (χ1n) is 7.23. The van der Waals surface area contributed by atoms with Crippen molar-refractivity contribution < 1.29 is 18.0 Å². The molecule has 7 heteroatoms. The van der Waals surface area contributed by atoms with Gasteiger partial charge in [0.15, 0.2) is 17.5 Å². The van der Waals surface area contributed by atoms with Gasteiger partial charge >= 0.3 is 0 Å². The molecule has 0 bridgehead atoms. The van der Waals surface area contributed by atoms with E-state index < -0.39 is 29.0 Å². The third kappa shape index (κ3) is 3.13. The fraction of sp³-hybridized carbons (Fsp3) is 0.250. The Morgan fingerprint density at radius 1 is 1.04 bits per heavy atom. The van der Waals surface area contributed by atoms with Crippen LogP contribution < -0.4 is 10.2 Å². The highest BCUT2D eigenvalue weighted by molar-refractivity contribution is 6.03. The molecular formula is C16H14F3N3O. The van der Waals surface area contributed by atoms with Gasteiger partial charge in [0, 0.05) is 13.1 Å². The Morgan fingerprint density at radius 2 is 1.78 bits per heavy atom. The van der Waals surface area contributed by atoms with Gasteiger partial charge in [-0.2, -0.15) is 0 Å². The average molecular weight is 321 g/mol. The fourth-order valence-corrected chi connectivity index (χ4v) is 2.48. The molecule has 0 unspecified atom stereocenters. The van der Waals surface area contributed by atoms with Crippen molar-refractivity contribution >= 4 is 17.4 Å². The van der Waals surface area contributed by atoms with Crippen LogP contribution in [0.25, 0.3) is 0 Å². The molecule has 0 spiro atoms. The molecule has 1 fully saturated rings. The molecule has 0 saturated carbocycles. The zero-order chi connectivity index (χ0) is 16.4. The lowest BCUT2D eigenvalue weighted by molar-refractivity contribution is 0.102. The van der Waals surface area contributed by atoms with Gasteiger partial charge in [-0.25, -0.2) is 18.2 Å². The average Bonchev–Trinajstić information content (AvgIpc) is 3.10. The number of rotatable bonds is 3. The molecule has 120 valence electrons. The highest BCUT2D eigenvalue weighted by Gasteiger charge is 2.18. The van der Waals surface area contributed by atoms with Gasteiger partial charge in [0.1, 0.15) is 11.5 Å². The summed E-state index contributed by atoms with van der Waals surface area (Å²) in [4.78, 5) is 18.4. The zero-order valence-corrected chi connectivity index (χ0v) is 12.2. The van der Waals surface area contributed by atoms with Gasteiger partial charge in [-0.15, -0.1) is 0 Å². The number of hydrogen-bond donors (Lipinski definition) is 1. The molecule has 1 aliphatic heterocycles. The molecule has 0 atom stereocenters. The van der Waals surface area contributed by atoms with Crippen LogP contribution in [0.3, 0.4) is 0 Å². The van der Waals surface area contributed by atoms with Crippen LogP contribution in [0.15, 0.2) is 30.3 Å². The molecule has 1 aliphatic rings. The lowest BCUT2D eigenvalue weighted by atomic mass is 10.2. The minimum Gasteiger partial charge on any atom is -0.357 e. The Bertz CT molecular complexity index is 745. The number of nitrogens with one attached hydrogen (secondary N) is 1. The minimum atomic E-state index is -1.62. The molecule has 2 aromatic rings. The Hall–Kier alpha value is -2.57. The summed E-state index contributed by atoms with van der Waals surface area (Å²) in [5.74, 6) is -4.39. The summed E-state index contributed by atoms with van der Waals surface area (Å²) in [6.07, 6.45) is 2.14. The van der Waals surface area contributed by atoms with Crippen molar-refractivity contribution in [2.24, 2.45) is 0 Å². The van der Waals surface area contributed by atoms with Crippen LogP contribution in [0.4, 0.5) is 24.7 Å². The SMILES string of the molecule is O=C(Nc1ccc(F)c(F)c1F)c1cccc(N2CCCC2)n1. The first-order chi connectivity index (χ1) is 11.1. The Balaban J connectivity index is 1.81. The van der Waals surface area contributed by atoms with Gasteiger partial charge in [-0.1, -0.05) is 6.07 Å². The van der Waals surface area contributed by atoms with E-state index in [9.17, 15) is 18.0 Å². The lowest BCUT2D eigenvalue weighted by Gasteiger charge is -2.16. The van der Waals surface area contributed by atoms with E-state index in [-0.39, 0.29) is 5.69 Å². The summed E-state index contributed by atoms with van der Waals surface area (Å²) >= 11 is 0. The third-order valence-corrected chi connectivity index (χ3v) is 3.68. The van der Waals surface area contributed by atoms with Crippen molar-refractivity contribution in [1.82, 2.24) is 4.98 Å². The van der Waals surface area contributed by atoms with Crippen molar-refractivity contribution in [1.29, 1.82) is 0 Å². The maximum absolute atomic E-state index is 13.6. The summed E-state index contributed by atoms with van der Waals surface area (Å²) in [6, 6.07) is 6.67. The largest absolute Gasteiger partial charge is 0.357 e. The number of pyridine rings is 1. The molecule has 1 amide bonds. The second-order valence-corrected chi connectivity index (χ2v) is 5.25. The first kappa shape index (κ1) is 15.3. The van der Waals surface area contributed by atoms with Crippen LogP contribution in [0.2, 0.25) is 0 Å². The number of anilines is 2. The van der Waals surface area contributed by atoms with E-state index in [1.807, 2.05) is 0 Å². The summed E-state index contributed by atoms with van der Waals surface area (Å²) in [6.45, 7) is 1.74. The van der Waals surface area contributed by atoms with Crippen molar-refractivity contribution in [3.63, 3.8) is 0 Å². The zero-order valence-electron chi connectivity index (χ0n) is 12.2. The molecular weight excluding hydrogens is 307 g/mol. The lowest BCUT2D eigenvalue weighted by Crippen LogP contribution is -2.21. The van der Waals surface area contributed by atoms with Gasteiger partial charge < -0.3 is 10.2 Å². The van der Waals surface area contributed by atoms with Gasteiger partial charge in [-0.3, -0.25) is 4.79 Å². The number of hydrogen-bond acceptors (Lipinski definition) is 3. The summed E-state index contributed by atoms with van der Waals surface area (Å²) in [7, 11) is 0. The van der Waals surface area contributed by atoms with E-state index in [1.54, 1.807) is 12.1 Å². The summed E-state index contributed by atoms with van der Waals surface area (Å²) < 4.78 is 39.7. The monoisotopic (exact) mass is 321 g/mol. The number of halogens is 3. The second-order valence-electron chi connectivity index (χ2n) is 5.25. The standard InChI is InChI=1S/C16H14F3N3O/c17-10-6-7-11(15(19)14(10)18)21-16(23)12-4-3-5-13(20-12)22-8-1-2-9-22/h3-7H,1-2,8-9H2,(H,21,23). The van der Waals surface area contributed by atoms with E-state index >= 15 is 0 Å². The first-order valence-corrected chi connectivity index (χ1v) is 7.23. The number of carbonyl (C=O) groups is 1. The van der Waals surface area contributed by atoms with E-state index in [4.69, 9.17) is 0 Å². The maximum Gasteiger partial charge on any atom is 0.274 e. The van der Waals surface area contributed by atoms with E-state index in [2.05, 4.69) is 15.2 Å². The van der Waals surface area contributed by atoms with E-state index in [0.29, 0.717) is 5.82 Å². The minimum absolute atomic E-state index is 0.0820. The van der Waals surface area contributed by atoms with Crippen molar-refractivity contribution in [2.75, 3.05) is 23.3 Å². The van der Waals surface area contributed by atoms with Crippen molar-refractivity contribution in [2.45, 2.75) is 12.8 Å². The number of aromatic nitrogens is 1. The smallest absolute Gasteiger partial charge is 0.274 e. The number of nitrogens with zero attached hydrogens (tertiary/aromatic N) is 2. The van der Waals surface area contributed by atoms with Gasteiger partial charge in [0.25, 0.3) is 5.91 Å². The van der Waals surface area contributed by atoms with E-state index in [1.165, 1.54) is 6.07 Å². The van der Waals surface area contributed by atoms with Crippen LogP contribution in [0.1, 0.15) is 23.3 Å². The summed E-state index contributed by atoms with van der Waals surface area (Å²) in [5.41, 5.74) is -0.346. The molecule has 4 nitrogen and oxygen atoms in total. The number of benzene rings is 1. The Kier molecular flexibility index (Phi) is 4.18.